The van der Waals surface area contributed by atoms with Crippen molar-refractivity contribution in [2.24, 2.45) is 0 Å². The molecule has 0 saturated heterocycles. The molecule has 2 N–H and O–H groups in total. The van der Waals surface area contributed by atoms with Crippen molar-refractivity contribution in [2.75, 3.05) is 0 Å². The summed E-state index contributed by atoms with van der Waals surface area (Å²) < 4.78 is 1.53. The van der Waals surface area contributed by atoms with E-state index in [1.165, 1.54) is 15.7 Å². The highest BCUT2D eigenvalue weighted by atomic mass is 32.1. The van der Waals surface area contributed by atoms with Crippen molar-refractivity contribution in [3.63, 3.8) is 0 Å². The first-order chi connectivity index (χ1) is 11.1. The summed E-state index contributed by atoms with van der Waals surface area (Å²) >= 11 is 1.44. The lowest BCUT2D eigenvalue weighted by molar-refractivity contribution is 0.0932. The fraction of sp³-hybridized carbons (Fsp3) is 0.562. The highest BCUT2D eigenvalue weighted by Crippen LogP contribution is 2.29. The Morgan fingerprint density at radius 3 is 2.74 bits per heavy atom. The van der Waals surface area contributed by atoms with E-state index < -0.39 is 17.3 Å². The van der Waals surface area contributed by atoms with E-state index in [-0.39, 0.29) is 11.6 Å². The Morgan fingerprint density at radius 2 is 1.96 bits per heavy atom. The second-order valence-electron chi connectivity index (χ2n) is 6.37. The van der Waals surface area contributed by atoms with Crippen molar-refractivity contribution in [3.05, 3.63) is 26.5 Å². The minimum atomic E-state index is -0.503. The van der Waals surface area contributed by atoms with Gasteiger partial charge >= 0.3 is 0 Å². The van der Waals surface area contributed by atoms with E-state index >= 15 is 0 Å². The van der Waals surface area contributed by atoms with Crippen LogP contribution in [-0.4, -0.2) is 26.4 Å². The maximum Gasteiger partial charge on any atom is 0.275 e. The molecule has 2 aromatic rings. The number of amides is 1. The number of rotatable bonds is 2. The van der Waals surface area contributed by atoms with Crippen LogP contribution in [0.25, 0.3) is 4.96 Å². The number of aryl methyl sites for hydroxylation is 2. The summed E-state index contributed by atoms with van der Waals surface area (Å²) in [5.41, 5.74) is 0.298. The quantitative estimate of drug-likeness (QED) is 0.880. The normalized spacial score (nSPS) is 18.3. The number of carbonyl (C=O) groups excluding carboxylic acids is 1. The van der Waals surface area contributed by atoms with Crippen LogP contribution in [0.3, 0.4) is 0 Å². The maximum absolute atomic E-state index is 12.8. The molecule has 0 spiro atoms. The molecule has 2 aliphatic rings. The van der Waals surface area contributed by atoms with Gasteiger partial charge in [-0.25, -0.2) is 0 Å². The molecule has 0 atom stereocenters. The first kappa shape index (κ1) is 14.7. The van der Waals surface area contributed by atoms with E-state index in [0.29, 0.717) is 4.96 Å². The van der Waals surface area contributed by atoms with E-state index in [0.717, 1.165) is 61.9 Å². The average molecular weight is 333 g/mol. The summed E-state index contributed by atoms with van der Waals surface area (Å²) in [5.74, 6) is -0.957. The third kappa shape index (κ3) is 2.43. The molecule has 2 heterocycles. The first-order valence-corrected chi connectivity index (χ1v) is 9.04. The van der Waals surface area contributed by atoms with Crippen molar-refractivity contribution in [3.8, 4) is 5.88 Å². The van der Waals surface area contributed by atoms with Crippen LogP contribution >= 0.6 is 11.3 Å². The molecule has 0 aliphatic heterocycles. The number of aromatic hydroxyl groups is 1. The monoisotopic (exact) mass is 333 g/mol. The van der Waals surface area contributed by atoms with Crippen LogP contribution < -0.4 is 10.9 Å². The van der Waals surface area contributed by atoms with E-state index in [2.05, 4.69) is 10.3 Å². The van der Waals surface area contributed by atoms with Gasteiger partial charge in [-0.15, -0.1) is 11.3 Å². The molecular weight excluding hydrogens is 314 g/mol. The summed E-state index contributed by atoms with van der Waals surface area (Å²) in [6, 6.07) is 0.0957. The van der Waals surface area contributed by atoms with Crippen LogP contribution in [-0.2, 0) is 12.8 Å². The van der Waals surface area contributed by atoms with Gasteiger partial charge in [-0.1, -0.05) is 12.8 Å². The second-order valence-corrected chi connectivity index (χ2v) is 7.43. The Kier molecular flexibility index (Phi) is 3.60. The molecule has 6 nitrogen and oxygen atoms in total. The van der Waals surface area contributed by atoms with Crippen molar-refractivity contribution >= 4 is 22.2 Å². The Hall–Kier alpha value is -1.89. The molecule has 0 aromatic carbocycles. The molecule has 2 aromatic heterocycles. The molecule has 4 rings (SSSR count). The lowest BCUT2D eigenvalue weighted by Gasteiger charge is -2.13. The van der Waals surface area contributed by atoms with E-state index in [4.69, 9.17) is 0 Å². The van der Waals surface area contributed by atoms with Gasteiger partial charge in [0, 0.05) is 16.6 Å². The molecule has 0 radical (unpaired) electrons. The minimum Gasteiger partial charge on any atom is -0.492 e. The van der Waals surface area contributed by atoms with Crippen LogP contribution in [0.15, 0.2) is 4.79 Å². The summed E-state index contributed by atoms with van der Waals surface area (Å²) in [5, 5.41) is 13.0. The van der Waals surface area contributed by atoms with Gasteiger partial charge in [-0.3, -0.25) is 14.0 Å². The predicted octanol–water partition coefficient (Wildman–Crippen LogP) is 2.01. The number of hydrogen-bond donors (Lipinski definition) is 2. The molecule has 2 aliphatic carbocycles. The Balaban J connectivity index is 1.80. The van der Waals surface area contributed by atoms with Crippen LogP contribution in [0, 0.1) is 0 Å². The first-order valence-electron chi connectivity index (χ1n) is 8.22. The summed E-state index contributed by atoms with van der Waals surface area (Å²) in [4.78, 5) is 31.0. The van der Waals surface area contributed by atoms with Crippen molar-refractivity contribution < 1.29 is 9.90 Å². The molecule has 0 unspecified atom stereocenters. The smallest absolute Gasteiger partial charge is 0.275 e. The molecule has 1 fully saturated rings. The lowest BCUT2D eigenvalue weighted by Crippen LogP contribution is -2.37. The van der Waals surface area contributed by atoms with Gasteiger partial charge in [0.25, 0.3) is 11.5 Å². The fourth-order valence-corrected chi connectivity index (χ4v) is 4.84. The third-order valence-electron chi connectivity index (χ3n) is 4.82. The maximum atomic E-state index is 12.8. The SMILES string of the molecule is O=C(NC1CCCC1)c1c(O)nc2sc3c(n2c1=O)CCCC3. The number of nitrogens with one attached hydrogen (secondary N) is 1. The van der Waals surface area contributed by atoms with Gasteiger partial charge in [0.1, 0.15) is 0 Å². The molecule has 23 heavy (non-hydrogen) atoms. The van der Waals surface area contributed by atoms with E-state index in [1.54, 1.807) is 0 Å². The number of carbonyl (C=O) groups is 1. The van der Waals surface area contributed by atoms with Gasteiger partial charge in [-0.05, 0) is 38.5 Å². The Labute approximate surface area is 137 Å². The zero-order valence-electron chi connectivity index (χ0n) is 12.8. The Bertz CT molecular complexity index is 833. The molecule has 1 saturated carbocycles. The lowest BCUT2D eigenvalue weighted by atomic mass is 10.0. The van der Waals surface area contributed by atoms with Gasteiger partial charge in [0.2, 0.25) is 5.88 Å². The number of thiazole rings is 1. The van der Waals surface area contributed by atoms with Crippen LogP contribution in [0.1, 0.15) is 59.5 Å². The van der Waals surface area contributed by atoms with Crippen LogP contribution in [0.5, 0.6) is 5.88 Å². The third-order valence-corrected chi connectivity index (χ3v) is 5.97. The van der Waals surface area contributed by atoms with Crippen molar-refractivity contribution in [1.29, 1.82) is 0 Å². The van der Waals surface area contributed by atoms with Gasteiger partial charge < -0.3 is 10.4 Å². The average Bonchev–Trinajstić information content (AvgIpc) is 3.13. The van der Waals surface area contributed by atoms with Crippen molar-refractivity contribution in [1.82, 2.24) is 14.7 Å². The fourth-order valence-electron chi connectivity index (χ4n) is 3.64. The number of hydrogen-bond acceptors (Lipinski definition) is 5. The zero-order valence-corrected chi connectivity index (χ0v) is 13.6. The highest BCUT2D eigenvalue weighted by Gasteiger charge is 2.27. The number of nitrogens with zero attached hydrogens (tertiary/aromatic N) is 2. The predicted molar refractivity (Wildman–Crippen MR) is 87.4 cm³/mol. The Morgan fingerprint density at radius 1 is 1.22 bits per heavy atom. The van der Waals surface area contributed by atoms with E-state index in [9.17, 15) is 14.7 Å². The summed E-state index contributed by atoms with van der Waals surface area (Å²) in [6.45, 7) is 0. The summed E-state index contributed by atoms with van der Waals surface area (Å²) in [7, 11) is 0. The van der Waals surface area contributed by atoms with Crippen LogP contribution in [0.2, 0.25) is 0 Å². The molecule has 7 heteroatoms. The molecule has 1 amide bonds. The van der Waals surface area contributed by atoms with E-state index in [1.807, 2.05) is 0 Å². The molecule has 0 bridgehead atoms. The molecule has 122 valence electrons. The number of aromatic nitrogens is 2. The van der Waals surface area contributed by atoms with Crippen LogP contribution in [0.4, 0.5) is 0 Å². The second kappa shape index (κ2) is 5.63. The van der Waals surface area contributed by atoms with Gasteiger partial charge in [0.05, 0.1) is 0 Å². The highest BCUT2D eigenvalue weighted by molar-refractivity contribution is 7.17. The molecular formula is C16H19N3O3S. The van der Waals surface area contributed by atoms with Crippen molar-refractivity contribution in [2.45, 2.75) is 57.4 Å². The summed E-state index contributed by atoms with van der Waals surface area (Å²) in [6.07, 6.45) is 7.94. The zero-order chi connectivity index (χ0) is 16.0. The minimum absolute atomic E-state index is 0.0957. The van der Waals surface area contributed by atoms with Gasteiger partial charge in [-0.2, -0.15) is 4.98 Å². The topological polar surface area (TPSA) is 83.7 Å². The number of fused-ring (bicyclic) bond motifs is 3. The largest absolute Gasteiger partial charge is 0.492 e. The standard InChI is InChI=1S/C16H19N3O3S/c20-13(17-9-5-1-2-6-9)12-14(21)18-16-19(15(12)22)10-7-3-4-8-11(10)23-16/h9,21H,1-8H2,(H,17,20). The van der Waals surface area contributed by atoms with Gasteiger partial charge in [0.15, 0.2) is 10.5 Å².